The summed E-state index contributed by atoms with van der Waals surface area (Å²) in [4.78, 5) is 33.0. The number of aromatic amines is 1. The predicted molar refractivity (Wildman–Crippen MR) is 85.8 cm³/mol. The summed E-state index contributed by atoms with van der Waals surface area (Å²) in [6, 6.07) is 1.67. The predicted octanol–water partition coefficient (Wildman–Crippen LogP) is 0.648. The number of carbonyl (C=O) groups excluding carboxylic acids is 1. The number of carbonyl (C=O) groups is 1. The molecule has 3 heterocycles. The van der Waals surface area contributed by atoms with E-state index in [4.69, 9.17) is 0 Å². The van der Waals surface area contributed by atoms with Gasteiger partial charge in [0.1, 0.15) is 10.5 Å². The minimum absolute atomic E-state index is 0.0373. The van der Waals surface area contributed by atoms with E-state index in [1.807, 2.05) is 11.4 Å². The van der Waals surface area contributed by atoms with Crippen molar-refractivity contribution >= 4 is 39.2 Å². The van der Waals surface area contributed by atoms with Crippen molar-refractivity contribution in [1.82, 2.24) is 20.2 Å². The van der Waals surface area contributed by atoms with Gasteiger partial charge in [-0.25, -0.2) is 4.98 Å². The Morgan fingerprint density at radius 1 is 1.57 bits per heavy atom. The molecule has 1 amide bonds. The van der Waals surface area contributed by atoms with Crippen molar-refractivity contribution in [2.75, 3.05) is 25.1 Å². The molecule has 0 aromatic carbocycles. The second kappa shape index (κ2) is 6.17. The summed E-state index contributed by atoms with van der Waals surface area (Å²) in [6.07, 6.45) is 0. The smallest absolute Gasteiger partial charge is 0.268 e. The number of hydrogen-bond donors (Lipinski definition) is 2. The summed E-state index contributed by atoms with van der Waals surface area (Å²) >= 11 is 3.15. The van der Waals surface area contributed by atoms with Gasteiger partial charge >= 0.3 is 0 Å². The number of thiophene rings is 1. The lowest BCUT2D eigenvalue weighted by Crippen LogP contribution is -2.49. The van der Waals surface area contributed by atoms with Gasteiger partial charge in [-0.05, 0) is 11.4 Å². The third kappa shape index (κ3) is 3.12. The Morgan fingerprint density at radius 2 is 2.43 bits per heavy atom. The van der Waals surface area contributed by atoms with Gasteiger partial charge in [-0.3, -0.25) is 9.59 Å². The monoisotopic (exact) mass is 324 g/mol. The van der Waals surface area contributed by atoms with Gasteiger partial charge in [-0.15, -0.1) is 11.3 Å². The lowest BCUT2D eigenvalue weighted by atomic mass is 10.3. The minimum atomic E-state index is -0.148. The number of fused-ring (bicyclic) bond motifs is 1. The molecule has 112 valence electrons. The van der Waals surface area contributed by atoms with Gasteiger partial charge in [0.05, 0.1) is 18.1 Å². The summed E-state index contributed by atoms with van der Waals surface area (Å²) in [5.74, 6) is 2.38. The number of rotatable bonds is 3. The molecule has 0 spiro atoms. The molecular weight excluding hydrogens is 308 g/mol. The van der Waals surface area contributed by atoms with Gasteiger partial charge < -0.3 is 15.2 Å². The number of hydrogen-bond acceptors (Lipinski definition) is 6. The van der Waals surface area contributed by atoms with E-state index in [0.717, 1.165) is 18.1 Å². The van der Waals surface area contributed by atoms with Crippen molar-refractivity contribution in [1.29, 1.82) is 0 Å². The van der Waals surface area contributed by atoms with Gasteiger partial charge in [0, 0.05) is 25.1 Å². The molecule has 1 aliphatic heterocycles. The highest BCUT2D eigenvalue weighted by molar-refractivity contribution is 7.99. The fraction of sp³-hybridized carbons (Fsp3) is 0.462. The molecule has 0 radical (unpaired) electrons. The van der Waals surface area contributed by atoms with E-state index in [1.54, 1.807) is 23.7 Å². The molecule has 6 nitrogen and oxygen atoms in total. The fourth-order valence-corrected chi connectivity index (χ4v) is 3.94. The highest BCUT2D eigenvalue weighted by Gasteiger charge is 2.24. The molecule has 2 aromatic rings. The standard InChI is InChI=1S/C13H16N4O2S2/c1-17(13(19)9-7-20-5-3-14-9)6-10-15-8-2-4-21-11(8)12(18)16-10/h2,4,9,14H,3,5-7H2,1H3,(H,15,16,18). The number of thioether (sulfide) groups is 1. The molecule has 3 rings (SSSR count). The Bertz CT molecular complexity index is 706. The van der Waals surface area contributed by atoms with Gasteiger partial charge in [0.15, 0.2) is 0 Å². The maximum absolute atomic E-state index is 12.3. The molecule has 21 heavy (non-hydrogen) atoms. The lowest BCUT2D eigenvalue weighted by molar-refractivity contribution is -0.132. The maximum atomic E-state index is 12.3. The van der Waals surface area contributed by atoms with Crippen LogP contribution in [0.3, 0.4) is 0 Å². The molecule has 1 fully saturated rings. The van der Waals surface area contributed by atoms with E-state index in [1.165, 1.54) is 11.3 Å². The molecule has 2 aromatic heterocycles. The second-order valence-electron chi connectivity index (χ2n) is 4.92. The largest absolute Gasteiger partial charge is 0.337 e. The quantitative estimate of drug-likeness (QED) is 0.867. The van der Waals surface area contributed by atoms with Crippen LogP contribution in [0, 0.1) is 0 Å². The highest BCUT2D eigenvalue weighted by atomic mass is 32.2. The van der Waals surface area contributed by atoms with Crippen LogP contribution >= 0.6 is 23.1 Å². The molecular formula is C13H16N4O2S2. The van der Waals surface area contributed by atoms with Crippen LogP contribution in [0.4, 0.5) is 0 Å². The fourth-order valence-electron chi connectivity index (χ4n) is 2.29. The molecule has 1 atom stereocenters. The Labute approximate surface area is 129 Å². The van der Waals surface area contributed by atoms with Crippen molar-refractivity contribution in [2.45, 2.75) is 12.6 Å². The van der Waals surface area contributed by atoms with E-state index in [0.29, 0.717) is 22.6 Å². The summed E-state index contributed by atoms with van der Waals surface area (Å²) < 4.78 is 0.623. The number of likely N-dealkylation sites (N-methyl/N-ethyl adjacent to an activating group) is 1. The van der Waals surface area contributed by atoms with E-state index in [-0.39, 0.29) is 17.5 Å². The molecule has 2 N–H and O–H groups in total. The van der Waals surface area contributed by atoms with E-state index in [2.05, 4.69) is 15.3 Å². The first-order valence-corrected chi connectivity index (χ1v) is 8.71. The Hall–Kier alpha value is -1.38. The van der Waals surface area contributed by atoms with Crippen molar-refractivity contribution < 1.29 is 4.79 Å². The van der Waals surface area contributed by atoms with Crippen LogP contribution in [0.25, 0.3) is 10.2 Å². The Balaban J connectivity index is 1.74. The van der Waals surface area contributed by atoms with Gasteiger partial charge in [0.25, 0.3) is 5.56 Å². The normalized spacial score (nSPS) is 18.8. The highest BCUT2D eigenvalue weighted by Crippen LogP contribution is 2.14. The number of amides is 1. The van der Waals surface area contributed by atoms with E-state index in [9.17, 15) is 9.59 Å². The molecule has 0 aliphatic carbocycles. The van der Waals surface area contributed by atoms with Crippen LogP contribution in [0.15, 0.2) is 16.2 Å². The first-order valence-electron chi connectivity index (χ1n) is 6.67. The average Bonchev–Trinajstić information content (AvgIpc) is 2.96. The second-order valence-corrected chi connectivity index (χ2v) is 6.99. The summed E-state index contributed by atoms with van der Waals surface area (Å²) in [5.41, 5.74) is 0.545. The van der Waals surface area contributed by atoms with Crippen molar-refractivity contribution in [2.24, 2.45) is 0 Å². The Kier molecular flexibility index (Phi) is 4.27. The molecule has 0 bridgehead atoms. The van der Waals surface area contributed by atoms with Crippen LogP contribution in [-0.4, -0.2) is 51.9 Å². The Morgan fingerprint density at radius 3 is 3.19 bits per heavy atom. The summed E-state index contributed by atoms with van der Waals surface area (Å²) in [7, 11) is 1.74. The first kappa shape index (κ1) is 14.6. The van der Waals surface area contributed by atoms with Crippen molar-refractivity contribution in [3.63, 3.8) is 0 Å². The first-order chi connectivity index (χ1) is 10.1. The SMILES string of the molecule is CN(Cc1nc2ccsc2c(=O)[nH]1)C(=O)C1CSCCN1. The van der Waals surface area contributed by atoms with Crippen LogP contribution in [0.2, 0.25) is 0 Å². The van der Waals surface area contributed by atoms with Gasteiger partial charge in [0.2, 0.25) is 5.91 Å². The summed E-state index contributed by atoms with van der Waals surface area (Å²) in [5, 5.41) is 5.06. The van der Waals surface area contributed by atoms with E-state index >= 15 is 0 Å². The van der Waals surface area contributed by atoms with Crippen LogP contribution in [0.5, 0.6) is 0 Å². The van der Waals surface area contributed by atoms with Crippen molar-refractivity contribution in [3.8, 4) is 0 Å². The lowest BCUT2D eigenvalue weighted by Gasteiger charge is -2.26. The van der Waals surface area contributed by atoms with E-state index < -0.39 is 0 Å². The van der Waals surface area contributed by atoms with Crippen LogP contribution < -0.4 is 10.9 Å². The molecule has 8 heteroatoms. The number of H-pyrrole nitrogens is 1. The summed E-state index contributed by atoms with van der Waals surface area (Å²) in [6.45, 7) is 1.16. The maximum Gasteiger partial charge on any atom is 0.268 e. The minimum Gasteiger partial charge on any atom is -0.337 e. The topological polar surface area (TPSA) is 78.1 Å². The van der Waals surface area contributed by atoms with Crippen LogP contribution in [0.1, 0.15) is 5.82 Å². The zero-order valence-electron chi connectivity index (χ0n) is 11.6. The third-order valence-electron chi connectivity index (χ3n) is 3.35. The van der Waals surface area contributed by atoms with Gasteiger partial charge in [-0.2, -0.15) is 11.8 Å². The van der Waals surface area contributed by atoms with Crippen LogP contribution in [-0.2, 0) is 11.3 Å². The number of aromatic nitrogens is 2. The van der Waals surface area contributed by atoms with Gasteiger partial charge in [-0.1, -0.05) is 0 Å². The third-order valence-corrected chi connectivity index (χ3v) is 5.31. The molecule has 1 aliphatic rings. The zero-order chi connectivity index (χ0) is 14.8. The number of nitrogens with one attached hydrogen (secondary N) is 2. The van der Waals surface area contributed by atoms with Crippen molar-refractivity contribution in [3.05, 3.63) is 27.6 Å². The number of nitrogens with zero attached hydrogens (tertiary/aromatic N) is 2. The zero-order valence-corrected chi connectivity index (χ0v) is 13.2. The molecule has 0 saturated carbocycles. The molecule has 1 saturated heterocycles. The molecule has 1 unspecified atom stereocenters. The average molecular weight is 324 g/mol.